The average molecular weight is 884 g/mol. The van der Waals surface area contributed by atoms with Gasteiger partial charge in [0.25, 0.3) is 0 Å². The molecule has 0 spiro atoms. The Bertz CT molecular complexity index is 1340. The summed E-state index contributed by atoms with van der Waals surface area (Å²) in [5, 5.41) is 161. The third kappa shape index (κ3) is 10.2. The van der Waals surface area contributed by atoms with Gasteiger partial charge in [-0.1, -0.05) is 0 Å². The largest absolute Gasteiger partial charge is 0.394 e. The first-order chi connectivity index (χ1) is 28.5. The fourth-order valence-electron chi connectivity index (χ4n) is 7.67. The predicted octanol–water partition coefficient (Wildman–Crippen LogP) is -11.1. The molecular formula is C33H57NO26. The number of methoxy groups -OCH3 is 1. The summed E-state index contributed by atoms with van der Waals surface area (Å²) in [6.45, 7) is -3.46. The number of nitrogens with one attached hydrogen (secondary N) is 1. The monoisotopic (exact) mass is 883 g/mol. The highest BCUT2D eigenvalue weighted by Crippen LogP contribution is 2.36. The van der Waals surface area contributed by atoms with Gasteiger partial charge in [0, 0.05) is 14.0 Å². The van der Waals surface area contributed by atoms with Crippen molar-refractivity contribution in [1.82, 2.24) is 5.32 Å². The van der Waals surface area contributed by atoms with Crippen LogP contribution in [0.3, 0.4) is 0 Å². The van der Waals surface area contributed by atoms with E-state index in [1.165, 1.54) is 0 Å². The zero-order chi connectivity index (χ0) is 44.3. The van der Waals surface area contributed by atoms with Crippen molar-refractivity contribution in [3.05, 3.63) is 0 Å². The van der Waals surface area contributed by atoms with Crippen LogP contribution in [-0.2, 0) is 52.2 Å². The first-order valence-electron chi connectivity index (χ1n) is 19.0. The lowest BCUT2D eigenvalue weighted by atomic mass is 9.94. The van der Waals surface area contributed by atoms with Gasteiger partial charge in [-0.25, -0.2) is 0 Å². The minimum absolute atomic E-state index is 0.774. The number of rotatable bonds is 15. The summed E-state index contributed by atoms with van der Waals surface area (Å²) >= 11 is 0. The smallest absolute Gasteiger partial charge is 0.217 e. The van der Waals surface area contributed by atoms with Gasteiger partial charge in [0.15, 0.2) is 31.5 Å². The molecule has 350 valence electrons. The van der Waals surface area contributed by atoms with Crippen LogP contribution in [0.1, 0.15) is 6.92 Å². The Hall–Kier alpha value is -1.53. The number of amides is 1. The van der Waals surface area contributed by atoms with E-state index in [2.05, 4.69) is 5.32 Å². The second-order valence-corrected chi connectivity index (χ2v) is 14.9. The molecule has 5 fully saturated rings. The molecule has 0 bridgehead atoms. The van der Waals surface area contributed by atoms with Gasteiger partial charge in [-0.15, -0.1) is 0 Å². The summed E-state index contributed by atoms with van der Waals surface area (Å²) < 4.78 is 56.2. The molecule has 5 rings (SSSR count). The molecule has 5 aliphatic rings. The molecule has 0 radical (unpaired) electrons. The van der Waals surface area contributed by atoms with Gasteiger partial charge in [-0.05, 0) is 0 Å². The fraction of sp³-hybridized carbons (Fsp3) is 0.970. The zero-order valence-corrected chi connectivity index (χ0v) is 32.2. The zero-order valence-electron chi connectivity index (χ0n) is 32.2. The van der Waals surface area contributed by atoms with E-state index in [-0.39, 0.29) is 0 Å². The summed E-state index contributed by atoms with van der Waals surface area (Å²) in [5.74, 6) is -0.789. The van der Waals surface area contributed by atoms with Gasteiger partial charge >= 0.3 is 0 Å². The third-order valence-corrected chi connectivity index (χ3v) is 11.0. The number of aliphatic hydroxyl groups is 15. The molecule has 0 saturated carbocycles. The molecule has 5 saturated heterocycles. The number of hydrogen-bond donors (Lipinski definition) is 16. The van der Waals surface area contributed by atoms with Gasteiger partial charge in [-0.2, -0.15) is 0 Å². The van der Waals surface area contributed by atoms with Crippen molar-refractivity contribution in [3.63, 3.8) is 0 Å². The van der Waals surface area contributed by atoms with Crippen molar-refractivity contribution in [2.24, 2.45) is 0 Å². The maximum atomic E-state index is 12.5. The van der Waals surface area contributed by atoms with Crippen molar-refractivity contribution in [1.29, 1.82) is 0 Å². The molecule has 0 aromatic heterocycles. The van der Waals surface area contributed by atoms with Crippen LogP contribution in [0.4, 0.5) is 0 Å². The van der Waals surface area contributed by atoms with E-state index in [1.807, 2.05) is 0 Å². The second kappa shape index (κ2) is 21.4. The van der Waals surface area contributed by atoms with Crippen LogP contribution in [0, 0.1) is 0 Å². The summed E-state index contributed by atoms with van der Waals surface area (Å²) in [5.41, 5.74) is 0. The Morgan fingerprint density at radius 1 is 0.433 bits per heavy atom. The van der Waals surface area contributed by atoms with E-state index in [9.17, 15) is 81.4 Å². The summed E-state index contributed by atoms with van der Waals surface area (Å²) in [7, 11) is 1.15. The minimum Gasteiger partial charge on any atom is -0.394 e. The Balaban J connectivity index is 1.42. The summed E-state index contributed by atoms with van der Waals surface area (Å²) in [6, 6.07) is -1.65. The van der Waals surface area contributed by atoms with E-state index < -0.39 is 192 Å². The van der Waals surface area contributed by atoms with E-state index in [4.69, 9.17) is 47.4 Å². The van der Waals surface area contributed by atoms with Crippen LogP contribution in [0.5, 0.6) is 0 Å². The predicted molar refractivity (Wildman–Crippen MR) is 183 cm³/mol. The van der Waals surface area contributed by atoms with Gasteiger partial charge < -0.3 is 129 Å². The molecular weight excluding hydrogens is 826 g/mol. The normalized spacial score (nSPS) is 50.3. The highest BCUT2D eigenvalue weighted by atomic mass is 16.8. The van der Waals surface area contributed by atoms with Crippen LogP contribution in [-0.4, -0.2) is 276 Å². The standard InChI is InChI=1S/C33H57NO26/c1-8(40)34-14-25(58-31-22(48)26(51-2)17(43)11(5-37)54-31)16(42)10(4-36)53-30(14)59-27-18(44)12(6-38)55-32(23(27)49)60-28-19(45)15(41)9(3-35)56-33(28)57-24-13(7-39)52-29(50)21(47)20(24)46/h9-33,35-39,41-50H,3-7H2,1-2H3,(H,34,40)/t9-,10-,11-,12-,13-,14-,15+,16+,17+,18+,19+,20-,21-,22-,23-,24-,25-,26+,27+,28-,29?,30-,31+,32-,33+/m1/s1. The van der Waals surface area contributed by atoms with Crippen LogP contribution in [0.2, 0.25) is 0 Å². The highest BCUT2D eigenvalue weighted by molar-refractivity contribution is 5.73. The molecule has 1 unspecified atom stereocenters. The molecule has 1 amide bonds. The van der Waals surface area contributed by atoms with Crippen LogP contribution >= 0.6 is 0 Å². The lowest BCUT2D eigenvalue weighted by molar-refractivity contribution is -0.396. The van der Waals surface area contributed by atoms with E-state index in [0.29, 0.717) is 0 Å². The number of ether oxygens (including phenoxy) is 10. The molecule has 0 aliphatic carbocycles. The van der Waals surface area contributed by atoms with Gasteiger partial charge in [0.1, 0.15) is 122 Å². The Labute approximate surface area is 340 Å². The third-order valence-electron chi connectivity index (χ3n) is 11.0. The molecule has 16 N–H and O–H groups in total. The van der Waals surface area contributed by atoms with Gasteiger partial charge in [-0.3, -0.25) is 4.79 Å². The SMILES string of the molecule is CO[C@H]1[C@@H](O)[C@@H](CO)O[C@@H](O[C@H]2[C@@H](O)[C@@H](CO)O[C@H](O[C@H]3[C@@H](O)[C@@H](CO)O[C@H](O[C@H]4[C@H](O[C@H]5[C@H](O)[C@@H](O)C(O)O[C@@H]5CO)O[C@H](CO)[C@H](O)[C@@H]4O)[C@@H]3O)[C@@H]2NC(C)=O)[C@@H]1O. The van der Waals surface area contributed by atoms with Crippen molar-refractivity contribution in [2.75, 3.05) is 40.1 Å². The number of carbonyl (C=O) groups is 1. The summed E-state index contributed by atoms with van der Waals surface area (Å²) in [6.07, 6.45) is -43.5. The Kier molecular flexibility index (Phi) is 17.7. The van der Waals surface area contributed by atoms with E-state index in [0.717, 1.165) is 14.0 Å². The van der Waals surface area contributed by atoms with Crippen molar-refractivity contribution >= 4 is 5.91 Å². The van der Waals surface area contributed by atoms with Crippen LogP contribution in [0.15, 0.2) is 0 Å². The average Bonchev–Trinajstić information content (AvgIpc) is 3.22. The quantitative estimate of drug-likeness (QED) is 0.0726. The molecule has 5 heterocycles. The first kappa shape index (κ1) is 49.5. The molecule has 27 heteroatoms. The van der Waals surface area contributed by atoms with Crippen molar-refractivity contribution in [3.8, 4) is 0 Å². The topological polar surface area (TPSA) is 425 Å². The Morgan fingerprint density at radius 3 is 1.35 bits per heavy atom. The minimum atomic E-state index is -2.19. The number of aliphatic hydroxyl groups excluding tert-OH is 15. The summed E-state index contributed by atoms with van der Waals surface area (Å²) in [4.78, 5) is 12.5. The molecule has 0 aromatic carbocycles. The molecule has 25 atom stereocenters. The first-order valence-corrected chi connectivity index (χ1v) is 19.0. The maximum Gasteiger partial charge on any atom is 0.217 e. The van der Waals surface area contributed by atoms with Crippen molar-refractivity contribution in [2.45, 2.75) is 160 Å². The molecule has 0 aromatic rings. The Morgan fingerprint density at radius 2 is 0.833 bits per heavy atom. The molecule has 60 heavy (non-hydrogen) atoms. The lowest BCUT2D eigenvalue weighted by Gasteiger charge is -2.50. The van der Waals surface area contributed by atoms with Gasteiger partial charge in [0.05, 0.1) is 33.0 Å². The van der Waals surface area contributed by atoms with Crippen LogP contribution < -0.4 is 5.32 Å². The second-order valence-electron chi connectivity index (χ2n) is 14.9. The highest BCUT2D eigenvalue weighted by Gasteiger charge is 2.57. The van der Waals surface area contributed by atoms with E-state index in [1.54, 1.807) is 0 Å². The van der Waals surface area contributed by atoms with E-state index >= 15 is 0 Å². The number of hydrogen-bond acceptors (Lipinski definition) is 26. The lowest BCUT2D eigenvalue weighted by Crippen LogP contribution is -2.70. The van der Waals surface area contributed by atoms with Gasteiger partial charge in [0.2, 0.25) is 5.91 Å². The van der Waals surface area contributed by atoms with Crippen LogP contribution in [0.25, 0.3) is 0 Å². The maximum absolute atomic E-state index is 12.5. The fourth-order valence-corrected chi connectivity index (χ4v) is 7.67. The van der Waals surface area contributed by atoms with Crippen molar-refractivity contribution < 1.29 is 129 Å². The number of carbonyl (C=O) groups excluding carboxylic acids is 1. The molecule has 27 nitrogen and oxygen atoms in total. The molecule has 5 aliphatic heterocycles.